The quantitative estimate of drug-likeness (QED) is 0.627. The van der Waals surface area contributed by atoms with E-state index in [1.807, 2.05) is 0 Å². The van der Waals surface area contributed by atoms with Gasteiger partial charge in [0.15, 0.2) is 0 Å². The number of nitrogens with two attached hydrogens (primary N) is 2. The van der Waals surface area contributed by atoms with Crippen LogP contribution in [0.15, 0.2) is 35.6 Å². The molecular weight excluding hydrogens is 268 g/mol. The van der Waals surface area contributed by atoms with Crippen LogP contribution in [0, 0.1) is 6.92 Å². The summed E-state index contributed by atoms with van der Waals surface area (Å²) in [5.74, 6) is -0.0893. The van der Waals surface area contributed by atoms with Crippen molar-refractivity contribution in [1.82, 2.24) is 9.97 Å². The van der Waals surface area contributed by atoms with E-state index in [9.17, 15) is 8.42 Å². The van der Waals surface area contributed by atoms with E-state index in [1.165, 1.54) is 24.7 Å². The number of rotatable bonds is 3. The van der Waals surface area contributed by atoms with Crippen LogP contribution in [0.1, 0.15) is 5.56 Å². The molecule has 1 aromatic carbocycles. The third kappa shape index (κ3) is 2.58. The zero-order chi connectivity index (χ0) is 14.0. The van der Waals surface area contributed by atoms with Gasteiger partial charge in [-0.25, -0.2) is 9.97 Å². The fraction of sp³-hybridized carbons (Fsp3) is 0.0909. The van der Waals surface area contributed by atoms with Crippen molar-refractivity contribution >= 4 is 21.5 Å². The molecule has 0 atom stereocenters. The Morgan fingerprint density at radius 3 is 2.53 bits per heavy atom. The second kappa shape index (κ2) is 4.73. The number of hydrogen-bond acceptors (Lipinski definition) is 7. The van der Waals surface area contributed by atoms with Crippen LogP contribution in [0.25, 0.3) is 0 Å². The predicted molar refractivity (Wildman–Crippen MR) is 69.8 cm³/mol. The molecule has 0 fully saturated rings. The van der Waals surface area contributed by atoms with E-state index in [0.717, 1.165) is 0 Å². The Bertz CT molecular complexity index is 701. The number of anilines is 2. The van der Waals surface area contributed by atoms with Crippen molar-refractivity contribution < 1.29 is 12.6 Å². The molecule has 1 heterocycles. The average Bonchev–Trinajstić information content (AvgIpc) is 2.36. The zero-order valence-electron chi connectivity index (χ0n) is 10.1. The molecule has 1 aromatic heterocycles. The normalized spacial score (nSPS) is 11.2. The third-order valence-corrected chi connectivity index (χ3v) is 3.77. The summed E-state index contributed by atoms with van der Waals surface area (Å²) < 4.78 is 29.0. The maximum Gasteiger partial charge on any atom is 0.342 e. The second-order valence-corrected chi connectivity index (χ2v) is 5.31. The van der Waals surface area contributed by atoms with E-state index < -0.39 is 10.1 Å². The molecule has 19 heavy (non-hydrogen) atoms. The number of aromatic nitrogens is 2. The van der Waals surface area contributed by atoms with Crippen LogP contribution in [-0.4, -0.2) is 18.4 Å². The Balaban J connectivity index is 2.44. The molecule has 0 aliphatic heterocycles. The van der Waals surface area contributed by atoms with Crippen molar-refractivity contribution in [2.45, 2.75) is 11.8 Å². The lowest BCUT2D eigenvalue weighted by molar-refractivity contribution is 0.475. The summed E-state index contributed by atoms with van der Waals surface area (Å²) in [6.45, 7) is 1.73. The first-order valence-corrected chi connectivity index (χ1v) is 6.67. The van der Waals surface area contributed by atoms with Gasteiger partial charge in [-0.2, -0.15) is 8.42 Å². The standard InChI is InChI=1S/C11H12N4O3S/c1-7-2-3-8(11(13)10(7)12)19(16,17)18-9-4-5-14-6-15-9/h2-6H,12-13H2,1H3. The van der Waals surface area contributed by atoms with Crippen molar-refractivity contribution in [2.75, 3.05) is 11.5 Å². The first-order valence-electron chi connectivity index (χ1n) is 5.27. The molecule has 0 saturated carbocycles. The molecule has 100 valence electrons. The van der Waals surface area contributed by atoms with Crippen LogP contribution >= 0.6 is 0 Å². The van der Waals surface area contributed by atoms with Crippen molar-refractivity contribution in [3.05, 3.63) is 36.3 Å². The number of aryl methyl sites for hydroxylation is 1. The Morgan fingerprint density at radius 1 is 1.16 bits per heavy atom. The molecule has 0 bridgehead atoms. The van der Waals surface area contributed by atoms with Gasteiger partial charge in [-0.15, -0.1) is 0 Å². The lowest BCUT2D eigenvalue weighted by atomic mass is 10.2. The Kier molecular flexibility index (Phi) is 3.26. The van der Waals surface area contributed by atoms with Gasteiger partial charge in [-0.1, -0.05) is 6.07 Å². The minimum atomic E-state index is -4.08. The predicted octanol–water partition coefficient (Wildman–Crippen LogP) is 0.717. The van der Waals surface area contributed by atoms with E-state index in [1.54, 1.807) is 13.0 Å². The van der Waals surface area contributed by atoms with Gasteiger partial charge in [0.05, 0.1) is 11.4 Å². The largest absolute Gasteiger partial charge is 0.397 e. The summed E-state index contributed by atoms with van der Waals surface area (Å²) in [4.78, 5) is 7.15. The number of benzene rings is 1. The maximum absolute atomic E-state index is 12.1. The molecule has 0 unspecified atom stereocenters. The van der Waals surface area contributed by atoms with Gasteiger partial charge >= 0.3 is 10.1 Å². The van der Waals surface area contributed by atoms with E-state index >= 15 is 0 Å². The molecule has 8 heteroatoms. The maximum atomic E-state index is 12.1. The number of nitrogens with zero attached hydrogens (tertiary/aromatic N) is 2. The fourth-order valence-corrected chi connectivity index (χ4v) is 2.46. The summed E-state index contributed by atoms with van der Waals surface area (Å²) in [6, 6.07) is 4.23. The van der Waals surface area contributed by atoms with Crippen LogP contribution in [0.3, 0.4) is 0 Å². The second-order valence-electron chi connectivity index (χ2n) is 3.79. The van der Waals surface area contributed by atoms with E-state index in [2.05, 4.69) is 9.97 Å². The van der Waals surface area contributed by atoms with Crippen molar-refractivity contribution in [3.8, 4) is 5.88 Å². The zero-order valence-corrected chi connectivity index (χ0v) is 10.9. The minimum absolute atomic E-state index is 0.0333. The molecule has 7 nitrogen and oxygen atoms in total. The van der Waals surface area contributed by atoms with Gasteiger partial charge in [-0.3, -0.25) is 0 Å². The van der Waals surface area contributed by atoms with Crippen molar-refractivity contribution in [3.63, 3.8) is 0 Å². The summed E-state index contributed by atoms with van der Waals surface area (Å²) in [6.07, 6.45) is 2.54. The van der Waals surface area contributed by atoms with Gasteiger partial charge in [0.25, 0.3) is 0 Å². The van der Waals surface area contributed by atoms with Crippen LogP contribution in [0.2, 0.25) is 0 Å². The molecule has 0 aliphatic carbocycles. The molecule has 4 N–H and O–H groups in total. The summed E-state index contributed by atoms with van der Waals surface area (Å²) >= 11 is 0. The molecule has 0 radical (unpaired) electrons. The van der Waals surface area contributed by atoms with Crippen LogP contribution in [0.5, 0.6) is 5.88 Å². The Labute approximate surface area is 110 Å². The minimum Gasteiger partial charge on any atom is -0.397 e. The van der Waals surface area contributed by atoms with Gasteiger partial charge in [0.1, 0.15) is 11.2 Å². The van der Waals surface area contributed by atoms with Gasteiger partial charge in [-0.05, 0) is 18.6 Å². The monoisotopic (exact) mass is 280 g/mol. The van der Waals surface area contributed by atoms with Crippen LogP contribution in [-0.2, 0) is 10.1 Å². The van der Waals surface area contributed by atoms with E-state index in [0.29, 0.717) is 5.56 Å². The lowest BCUT2D eigenvalue weighted by Crippen LogP contribution is -2.14. The molecule has 0 amide bonds. The van der Waals surface area contributed by atoms with Crippen molar-refractivity contribution in [1.29, 1.82) is 0 Å². The molecular formula is C11H12N4O3S. The smallest absolute Gasteiger partial charge is 0.342 e. The van der Waals surface area contributed by atoms with Gasteiger partial charge < -0.3 is 15.7 Å². The number of nitrogen functional groups attached to an aromatic ring is 2. The molecule has 2 rings (SSSR count). The van der Waals surface area contributed by atoms with Crippen molar-refractivity contribution in [2.24, 2.45) is 0 Å². The molecule has 2 aromatic rings. The highest BCUT2D eigenvalue weighted by atomic mass is 32.2. The lowest BCUT2D eigenvalue weighted by Gasteiger charge is -2.11. The molecule has 0 saturated heterocycles. The van der Waals surface area contributed by atoms with Crippen LogP contribution < -0.4 is 15.7 Å². The third-order valence-electron chi connectivity index (χ3n) is 2.48. The first kappa shape index (κ1) is 13.1. The fourth-order valence-electron chi connectivity index (χ4n) is 1.43. The Morgan fingerprint density at radius 2 is 1.89 bits per heavy atom. The average molecular weight is 280 g/mol. The first-order chi connectivity index (χ1) is 8.92. The topological polar surface area (TPSA) is 121 Å². The highest BCUT2D eigenvalue weighted by molar-refractivity contribution is 7.87. The SMILES string of the molecule is Cc1ccc(S(=O)(=O)Oc2ccncn2)c(N)c1N. The number of hydrogen-bond donors (Lipinski definition) is 2. The highest BCUT2D eigenvalue weighted by Crippen LogP contribution is 2.28. The summed E-state index contributed by atoms with van der Waals surface area (Å²) in [7, 11) is -4.08. The Hall–Kier alpha value is -2.35. The van der Waals surface area contributed by atoms with Crippen LogP contribution in [0.4, 0.5) is 11.4 Å². The molecule has 0 aliphatic rings. The highest BCUT2D eigenvalue weighted by Gasteiger charge is 2.22. The summed E-state index contributed by atoms with van der Waals surface area (Å²) in [5, 5.41) is 0. The molecule has 0 spiro atoms. The van der Waals surface area contributed by atoms with Gasteiger partial charge in [0.2, 0.25) is 5.88 Å². The van der Waals surface area contributed by atoms with Gasteiger partial charge in [0, 0.05) is 12.3 Å². The summed E-state index contributed by atoms with van der Waals surface area (Å²) in [5.41, 5.74) is 12.3. The van der Waals surface area contributed by atoms with E-state index in [-0.39, 0.29) is 22.2 Å². The van der Waals surface area contributed by atoms with E-state index in [4.69, 9.17) is 15.7 Å².